The van der Waals surface area contributed by atoms with E-state index in [9.17, 15) is 18.0 Å². The predicted molar refractivity (Wildman–Crippen MR) is 58.8 cm³/mol. The van der Waals surface area contributed by atoms with Crippen LogP contribution in [-0.2, 0) is 0 Å². The molecule has 1 fully saturated rings. The number of nitrogens with zero attached hydrogens (tertiary/aromatic N) is 2. The van der Waals surface area contributed by atoms with Crippen LogP contribution < -0.4 is 4.90 Å². The van der Waals surface area contributed by atoms with Crippen LogP contribution in [0.15, 0.2) is 16.5 Å². The Morgan fingerprint density at radius 2 is 1.89 bits per heavy atom. The number of halogens is 3. The summed E-state index contributed by atoms with van der Waals surface area (Å²) in [7, 11) is 0. The lowest BCUT2D eigenvalue weighted by Crippen LogP contribution is -2.49. The number of furan rings is 1. The van der Waals surface area contributed by atoms with Crippen molar-refractivity contribution in [3.8, 4) is 0 Å². The molecule has 7 heteroatoms. The molecule has 1 aliphatic rings. The predicted octanol–water partition coefficient (Wildman–Crippen LogP) is 1.78. The van der Waals surface area contributed by atoms with Crippen molar-refractivity contribution in [3.63, 3.8) is 0 Å². The number of aldehydes is 1. The van der Waals surface area contributed by atoms with E-state index >= 15 is 0 Å². The van der Waals surface area contributed by atoms with Gasteiger partial charge in [0.05, 0.1) is 6.54 Å². The molecular formula is C11H13F3N2O2. The van der Waals surface area contributed by atoms with Gasteiger partial charge in [-0.15, -0.1) is 0 Å². The van der Waals surface area contributed by atoms with E-state index < -0.39 is 12.7 Å². The monoisotopic (exact) mass is 262 g/mol. The average Bonchev–Trinajstić information content (AvgIpc) is 2.76. The van der Waals surface area contributed by atoms with E-state index in [1.807, 2.05) is 4.90 Å². The molecule has 18 heavy (non-hydrogen) atoms. The van der Waals surface area contributed by atoms with E-state index in [0.29, 0.717) is 38.3 Å². The first-order valence-electron chi connectivity index (χ1n) is 5.57. The number of piperazine rings is 1. The Labute approximate surface area is 102 Å². The fourth-order valence-electron chi connectivity index (χ4n) is 1.96. The summed E-state index contributed by atoms with van der Waals surface area (Å²) in [5, 5.41) is 0. The normalized spacial score (nSPS) is 18.1. The van der Waals surface area contributed by atoms with Gasteiger partial charge in [0.15, 0.2) is 17.9 Å². The van der Waals surface area contributed by atoms with Crippen molar-refractivity contribution in [1.82, 2.24) is 4.90 Å². The topological polar surface area (TPSA) is 36.7 Å². The molecule has 0 unspecified atom stereocenters. The maximum atomic E-state index is 12.2. The highest BCUT2D eigenvalue weighted by Gasteiger charge is 2.32. The van der Waals surface area contributed by atoms with Gasteiger partial charge in [-0.25, -0.2) is 0 Å². The molecule has 0 spiro atoms. The standard InChI is InChI=1S/C11H13F3N2O2/c12-11(13,14)8-15-3-5-16(6-4-15)10-2-1-9(7-17)18-10/h1-2,7H,3-6,8H2. The summed E-state index contributed by atoms with van der Waals surface area (Å²) in [5.74, 6) is 0.756. The maximum absolute atomic E-state index is 12.2. The van der Waals surface area contributed by atoms with Gasteiger partial charge < -0.3 is 9.32 Å². The summed E-state index contributed by atoms with van der Waals surface area (Å²) in [5.41, 5.74) is 0. The van der Waals surface area contributed by atoms with Crippen molar-refractivity contribution in [2.24, 2.45) is 0 Å². The van der Waals surface area contributed by atoms with Crippen LogP contribution in [0.25, 0.3) is 0 Å². The summed E-state index contributed by atoms with van der Waals surface area (Å²) in [6.07, 6.45) is -3.55. The molecule has 0 N–H and O–H groups in total. The van der Waals surface area contributed by atoms with Gasteiger partial charge >= 0.3 is 6.18 Å². The zero-order chi connectivity index (χ0) is 13.2. The van der Waals surface area contributed by atoms with Crippen molar-refractivity contribution in [2.75, 3.05) is 37.6 Å². The molecule has 1 saturated heterocycles. The minimum Gasteiger partial charge on any atom is -0.438 e. The van der Waals surface area contributed by atoms with Gasteiger partial charge in [0.25, 0.3) is 0 Å². The van der Waals surface area contributed by atoms with Gasteiger partial charge in [-0.2, -0.15) is 13.2 Å². The van der Waals surface area contributed by atoms with Crippen molar-refractivity contribution in [1.29, 1.82) is 0 Å². The molecule has 100 valence electrons. The molecule has 0 atom stereocenters. The molecule has 1 aromatic heterocycles. The summed E-state index contributed by atoms with van der Waals surface area (Å²) in [6, 6.07) is 3.20. The lowest BCUT2D eigenvalue weighted by atomic mass is 10.3. The van der Waals surface area contributed by atoms with E-state index in [2.05, 4.69) is 0 Å². The molecular weight excluding hydrogens is 249 g/mol. The molecule has 0 amide bonds. The fourth-order valence-corrected chi connectivity index (χ4v) is 1.96. The van der Waals surface area contributed by atoms with Crippen LogP contribution >= 0.6 is 0 Å². The Kier molecular flexibility index (Phi) is 3.60. The van der Waals surface area contributed by atoms with Crippen molar-refractivity contribution in [3.05, 3.63) is 17.9 Å². The molecule has 1 aromatic rings. The molecule has 0 aliphatic carbocycles. The Balaban J connectivity index is 1.88. The van der Waals surface area contributed by atoms with Gasteiger partial charge in [-0.1, -0.05) is 0 Å². The maximum Gasteiger partial charge on any atom is 0.401 e. The lowest BCUT2D eigenvalue weighted by molar-refractivity contribution is -0.146. The highest BCUT2D eigenvalue weighted by atomic mass is 19.4. The Bertz CT molecular complexity index is 409. The Morgan fingerprint density at radius 1 is 1.22 bits per heavy atom. The second-order valence-corrected chi connectivity index (χ2v) is 4.17. The van der Waals surface area contributed by atoms with Gasteiger partial charge in [0.1, 0.15) is 0 Å². The van der Waals surface area contributed by atoms with Gasteiger partial charge in [0, 0.05) is 32.2 Å². The second kappa shape index (κ2) is 5.01. The number of alkyl halides is 3. The Hall–Kier alpha value is -1.50. The zero-order valence-electron chi connectivity index (χ0n) is 9.61. The minimum absolute atomic E-state index is 0.225. The van der Waals surface area contributed by atoms with Crippen LogP contribution in [0.2, 0.25) is 0 Å². The molecule has 0 radical (unpaired) electrons. The van der Waals surface area contributed by atoms with E-state index in [1.165, 1.54) is 4.90 Å². The van der Waals surface area contributed by atoms with E-state index in [4.69, 9.17) is 4.42 Å². The molecule has 2 rings (SSSR count). The van der Waals surface area contributed by atoms with E-state index in [1.54, 1.807) is 12.1 Å². The highest BCUT2D eigenvalue weighted by Crippen LogP contribution is 2.21. The van der Waals surface area contributed by atoms with Crippen molar-refractivity contribution in [2.45, 2.75) is 6.18 Å². The largest absolute Gasteiger partial charge is 0.438 e. The summed E-state index contributed by atoms with van der Waals surface area (Å²) in [6.45, 7) is 0.704. The van der Waals surface area contributed by atoms with Crippen LogP contribution in [0.1, 0.15) is 10.6 Å². The minimum atomic E-state index is -4.16. The van der Waals surface area contributed by atoms with E-state index in [-0.39, 0.29) is 5.76 Å². The lowest BCUT2D eigenvalue weighted by Gasteiger charge is -2.34. The number of rotatable bonds is 3. The number of hydrogen-bond donors (Lipinski definition) is 0. The van der Waals surface area contributed by atoms with Crippen molar-refractivity contribution >= 4 is 12.2 Å². The summed E-state index contributed by atoms with van der Waals surface area (Å²) in [4.78, 5) is 13.7. The van der Waals surface area contributed by atoms with Gasteiger partial charge in [-0.3, -0.25) is 9.69 Å². The smallest absolute Gasteiger partial charge is 0.401 e. The SMILES string of the molecule is O=Cc1ccc(N2CCN(CC(F)(F)F)CC2)o1. The number of carbonyl (C=O) groups is 1. The Morgan fingerprint density at radius 3 is 2.39 bits per heavy atom. The van der Waals surface area contributed by atoms with Crippen molar-refractivity contribution < 1.29 is 22.4 Å². The third kappa shape index (κ3) is 3.25. The highest BCUT2D eigenvalue weighted by molar-refractivity contribution is 5.71. The quantitative estimate of drug-likeness (QED) is 0.778. The second-order valence-electron chi connectivity index (χ2n) is 4.17. The molecule has 1 aliphatic heterocycles. The summed E-state index contributed by atoms with van der Waals surface area (Å²) < 4.78 is 41.8. The fraction of sp³-hybridized carbons (Fsp3) is 0.545. The van der Waals surface area contributed by atoms with Gasteiger partial charge in [0.2, 0.25) is 0 Å². The third-order valence-electron chi connectivity index (χ3n) is 2.82. The van der Waals surface area contributed by atoms with Gasteiger partial charge in [-0.05, 0) is 6.07 Å². The van der Waals surface area contributed by atoms with Crippen LogP contribution in [0.4, 0.5) is 19.1 Å². The van der Waals surface area contributed by atoms with Crippen LogP contribution in [0.5, 0.6) is 0 Å². The molecule has 0 bridgehead atoms. The average molecular weight is 262 g/mol. The van der Waals surface area contributed by atoms with Crippen LogP contribution in [-0.4, -0.2) is 50.1 Å². The molecule has 4 nitrogen and oxygen atoms in total. The first-order valence-corrected chi connectivity index (χ1v) is 5.57. The molecule has 0 saturated carbocycles. The molecule has 2 heterocycles. The van der Waals surface area contributed by atoms with Crippen LogP contribution in [0.3, 0.4) is 0 Å². The number of hydrogen-bond acceptors (Lipinski definition) is 4. The third-order valence-corrected chi connectivity index (χ3v) is 2.82. The van der Waals surface area contributed by atoms with E-state index in [0.717, 1.165) is 0 Å². The zero-order valence-corrected chi connectivity index (χ0v) is 9.61. The number of carbonyl (C=O) groups excluding carboxylic acids is 1. The summed E-state index contributed by atoms with van der Waals surface area (Å²) >= 11 is 0. The van der Waals surface area contributed by atoms with Crippen LogP contribution in [0, 0.1) is 0 Å². The first-order chi connectivity index (χ1) is 8.48. The first kappa shape index (κ1) is 12.9. The number of anilines is 1. The molecule has 0 aromatic carbocycles.